The first-order valence-electron chi connectivity index (χ1n) is 9.84. The van der Waals surface area contributed by atoms with Gasteiger partial charge in [-0.2, -0.15) is 5.10 Å². The van der Waals surface area contributed by atoms with Gasteiger partial charge < -0.3 is 15.4 Å². The van der Waals surface area contributed by atoms with Crippen molar-refractivity contribution < 1.29 is 14.3 Å². The summed E-state index contributed by atoms with van der Waals surface area (Å²) in [4.78, 5) is 29.4. The van der Waals surface area contributed by atoms with Gasteiger partial charge in [-0.15, -0.1) is 0 Å². The second-order valence-electron chi connectivity index (χ2n) is 7.18. The third-order valence-electron chi connectivity index (χ3n) is 5.35. The molecule has 154 valence electrons. The average Bonchev–Trinajstić information content (AvgIpc) is 3.34. The van der Waals surface area contributed by atoms with E-state index in [4.69, 9.17) is 4.74 Å². The molecule has 0 saturated carbocycles. The number of nitrogens with zero attached hydrogens (tertiary/aromatic N) is 3. The Morgan fingerprint density at radius 2 is 1.77 bits per heavy atom. The van der Waals surface area contributed by atoms with Crippen LogP contribution >= 0.6 is 0 Å². The fraction of sp³-hybridized carbons (Fsp3) is 0.273. The van der Waals surface area contributed by atoms with Gasteiger partial charge in [0, 0.05) is 18.9 Å². The van der Waals surface area contributed by atoms with Crippen LogP contribution in [0.3, 0.4) is 0 Å². The van der Waals surface area contributed by atoms with Crippen LogP contribution in [0.1, 0.15) is 18.4 Å². The molecule has 1 aliphatic heterocycles. The molecule has 1 aliphatic rings. The first-order valence-corrected chi connectivity index (χ1v) is 9.84. The molecule has 8 heteroatoms. The van der Waals surface area contributed by atoms with Gasteiger partial charge in [0.25, 0.3) is 0 Å². The van der Waals surface area contributed by atoms with Gasteiger partial charge >= 0.3 is 0 Å². The smallest absolute Gasteiger partial charge is 0.243 e. The molecule has 0 aliphatic carbocycles. The Balaban J connectivity index is 1.37. The van der Waals surface area contributed by atoms with Gasteiger partial charge in [0.1, 0.15) is 12.7 Å². The van der Waals surface area contributed by atoms with Crippen LogP contribution < -0.4 is 10.6 Å². The molecule has 0 atom stereocenters. The molecule has 0 radical (unpaired) electrons. The summed E-state index contributed by atoms with van der Waals surface area (Å²) in [7, 11) is 0. The van der Waals surface area contributed by atoms with E-state index in [-0.39, 0.29) is 18.4 Å². The lowest BCUT2D eigenvalue weighted by Crippen LogP contribution is -2.49. The molecular formula is C22H23N5O3. The van der Waals surface area contributed by atoms with Crippen molar-refractivity contribution in [2.75, 3.05) is 25.1 Å². The molecule has 1 aromatic heterocycles. The Kier molecular flexibility index (Phi) is 5.85. The van der Waals surface area contributed by atoms with E-state index in [0.717, 1.165) is 11.3 Å². The van der Waals surface area contributed by atoms with Gasteiger partial charge in [-0.05, 0) is 42.7 Å². The second-order valence-corrected chi connectivity index (χ2v) is 7.18. The number of nitrogens with one attached hydrogen (secondary N) is 2. The Hall–Kier alpha value is -3.52. The van der Waals surface area contributed by atoms with E-state index in [2.05, 4.69) is 20.7 Å². The third-order valence-corrected chi connectivity index (χ3v) is 5.35. The molecule has 8 nitrogen and oxygen atoms in total. The van der Waals surface area contributed by atoms with E-state index < -0.39 is 5.41 Å². The van der Waals surface area contributed by atoms with Crippen LogP contribution in [0.4, 0.5) is 5.69 Å². The van der Waals surface area contributed by atoms with Crippen LogP contribution in [0.15, 0.2) is 67.3 Å². The summed E-state index contributed by atoms with van der Waals surface area (Å²) in [5, 5.41) is 9.68. The number of hydrogen-bond donors (Lipinski definition) is 2. The molecule has 0 bridgehead atoms. The SMILES string of the molecule is O=C(CNC(=O)C1(c2ccccc2)CCOCC1)Nc1ccc(-n2cncn2)cc1. The highest BCUT2D eigenvalue weighted by Crippen LogP contribution is 2.35. The molecule has 2 aromatic carbocycles. The number of benzene rings is 2. The summed E-state index contributed by atoms with van der Waals surface area (Å²) < 4.78 is 7.10. The molecule has 1 fully saturated rings. The lowest BCUT2D eigenvalue weighted by molar-refractivity contribution is -0.132. The van der Waals surface area contributed by atoms with Crippen LogP contribution in [0.25, 0.3) is 5.69 Å². The first-order chi connectivity index (χ1) is 14.7. The number of carbonyl (C=O) groups excluding carboxylic acids is 2. The minimum absolute atomic E-state index is 0.0981. The molecular weight excluding hydrogens is 382 g/mol. The number of rotatable bonds is 6. The van der Waals surface area contributed by atoms with Gasteiger partial charge in [-0.3, -0.25) is 9.59 Å². The van der Waals surface area contributed by atoms with Crippen molar-refractivity contribution in [2.24, 2.45) is 0 Å². The molecule has 2 amide bonds. The number of amides is 2. The van der Waals surface area contributed by atoms with Crippen LogP contribution in [-0.4, -0.2) is 46.3 Å². The van der Waals surface area contributed by atoms with Crippen LogP contribution in [0, 0.1) is 0 Å². The van der Waals surface area contributed by atoms with Crippen molar-refractivity contribution in [3.05, 3.63) is 72.8 Å². The lowest BCUT2D eigenvalue weighted by Gasteiger charge is -2.36. The topological polar surface area (TPSA) is 98.1 Å². The van der Waals surface area contributed by atoms with Crippen LogP contribution in [0.2, 0.25) is 0 Å². The van der Waals surface area contributed by atoms with Gasteiger partial charge in [-0.1, -0.05) is 30.3 Å². The van der Waals surface area contributed by atoms with Crippen molar-refractivity contribution in [3.63, 3.8) is 0 Å². The number of hydrogen-bond acceptors (Lipinski definition) is 5. The fourth-order valence-electron chi connectivity index (χ4n) is 3.70. The zero-order valence-corrected chi connectivity index (χ0v) is 16.5. The summed E-state index contributed by atoms with van der Waals surface area (Å²) in [5.74, 6) is -0.430. The number of aromatic nitrogens is 3. The first kappa shape index (κ1) is 19.8. The van der Waals surface area contributed by atoms with Crippen molar-refractivity contribution in [3.8, 4) is 5.69 Å². The van der Waals surface area contributed by atoms with Crippen molar-refractivity contribution in [2.45, 2.75) is 18.3 Å². The summed E-state index contributed by atoms with van der Waals surface area (Å²) >= 11 is 0. The molecule has 0 unspecified atom stereocenters. The lowest BCUT2D eigenvalue weighted by atomic mass is 9.73. The average molecular weight is 405 g/mol. The summed E-state index contributed by atoms with van der Waals surface area (Å²) in [5.41, 5.74) is 1.76. The third kappa shape index (κ3) is 4.23. The predicted octanol–water partition coefficient (Wildman–Crippen LogP) is 2.07. The molecule has 2 heterocycles. The molecule has 4 rings (SSSR count). The van der Waals surface area contributed by atoms with Gasteiger partial charge in [0.15, 0.2) is 0 Å². The fourth-order valence-corrected chi connectivity index (χ4v) is 3.70. The van der Waals surface area contributed by atoms with E-state index in [1.165, 1.54) is 6.33 Å². The Bertz CT molecular complexity index is 981. The maximum atomic E-state index is 13.1. The van der Waals surface area contributed by atoms with E-state index in [1.54, 1.807) is 23.1 Å². The maximum Gasteiger partial charge on any atom is 0.243 e. The van der Waals surface area contributed by atoms with Crippen molar-refractivity contribution >= 4 is 17.5 Å². The highest BCUT2D eigenvalue weighted by Gasteiger charge is 2.41. The van der Waals surface area contributed by atoms with E-state index in [1.807, 2.05) is 42.5 Å². The predicted molar refractivity (Wildman–Crippen MR) is 111 cm³/mol. The Morgan fingerprint density at radius 1 is 1.03 bits per heavy atom. The minimum Gasteiger partial charge on any atom is -0.381 e. The normalized spacial score (nSPS) is 15.3. The van der Waals surface area contributed by atoms with Crippen molar-refractivity contribution in [1.29, 1.82) is 0 Å². The zero-order valence-electron chi connectivity index (χ0n) is 16.5. The minimum atomic E-state index is -0.667. The van der Waals surface area contributed by atoms with Gasteiger partial charge in [-0.25, -0.2) is 9.67 Å². The summed E-state index contributed by atoms with van der Waals surface area (Å²) in [6, 6.07) is 16.9. The van der Waals surface area contributed by atoms with Crippen LogP contribution in [-0.2, 0) is 19.7 Å². The number of carbonyl (C=O) groups is 2. The molecule has 1 saturated heterocycles. The quantitative estimate of drug-likeness (QED) is 0.654. The summed E-state index contributed by atoms with van der Waals surface area (Å²) in [6.07, 6.45) is 4.24. The van der Waals surface area contributed by atoms with Crippen LogP contribution in [0.5, 0.6) is 0 Å². The van der Waals surface area contributed by atoms with Gasteiger partial charge in [0.05, 0.1) is 17.6 Å². The molecule has 2 N–H and O–H groups in total. The highest BCUT2D eigenvalue weighted by molar-refractivity contribution is 5.96. The largest absolute Gasteiger partial charge is 0.381 e. The Labute approximate surface area is 174 Å². The maximum absolute atomic E-state index is 13.1. The number of ether oxygens (including phenoxy) is 1. The second kappa shape index (κ2) is 8.87. The molecule has 3 aromatic rings. The van der Waals surface area contributed by atoms with E-state index >= 15 is 0 Å². The monoisotopic (exact) mass is 405 g/mol. The van der Waals surface area contributed by atoms with E-state index in [9.17, 15) is 9.59 Å². The Morgan fingerprint density at radius 3 is 2.43 bits per heavy atom. The highest BCUT2D eigenvalue weighted by atomic mass is 16.5. The van der Waals surface area contributed by atoms with E-state index in [0.29, 0.717) is 31.7 Å². The molecule has 30 heavy (non-hydrogen) atoms. The number of anilines is 1. The van der Waals surface area contributed by atoms with Crippen molar-refractivity contribution in [1.82, 2.24) is 20.1 Å². The summed E-state index contributed by atoms with van der Waals surface area (Å²) in [6.45, 7) is 0.943. The zero-order chi connectivity index (χ0) is 20.8. The molecule has 0 spiro atoms. The van der Waals surface area contributed by atoms with Gasteiger partial charge in [0.2, 0.25) is 11.8 Å². The standard InChI is InChI=1S/C22H23N5O3/c28-20(26-18-6-8-19(9-7-18)27-16-23-15-25-27)14-24-21(29)22(10-12-30-13-11-22)17-4-2-1-3-5-17/h1-9,15-16H,10-14H2,(H,24,29)(H,26,28).